The maximum absolute atomic E-state index is 12.9. The van der Waals surface area contributed by atoms with Crippen LogP contribution in [0.15, 0.2) is 30.3 Å². The van der Waals surface area contributed by atoms with Gasteiger partial charge in [0.25, 0.3) is 0 Å². The van der Waals surface area contributed by atoms with E-state index in [0.717, 1.165) is 19.6 Å². The molecule has 5 heteroatoms. The lowest BCUT2D eigenvalue weighted by Crippen LogP contribution is -2.63. The fraction of sp³-hybridized carbons (Fsp3) is 0.650. The second-order valence-corrected chi connectivity index (χ2v) is 7.47. The first kappa shape index (κ1) is 20.2. The van der Waals surface area contributed by atoms with Crippen LogP contribution in [0.5, 0.6) is 0 Å². The molecule has 1 aromatic rings. The lowest BCUT2D eigenvalue weighted by molar-refractivity contribution is -0.135. The topological polar surface area (TPSA) is 35.6 Å². The number of carbonyl (C=O) groups is 1. The molecule has 4 nitrogen and oxygen atoms in total. The maximum atomic E-state index is 12.9. The summed E-state index contributed by atoms with van der Waals surface area (Å²) >= 11 is 0. The van der Waals surface area contributed by atoms with Crippen molar-refractivity contribution in [2.24, 2.45) is 0 Å². The van der Waals surface area contributed by atoms with Crippen LogP contribution in [0.4, 0.5) is 0 Å². The zero-order chi connectivity index (χ0) is 17.0. The van der Waals surface area contributed by atoms with Crippen molar-refractivity contribution in [1.82, 2.24) is 15.1 Å². The molecule has 1 N–H and O–H groups in total. The Labute approximate surface area is 158 Å². The van der Waals surface area contributed by atoms with E-state index >= 15 is 0 Å². The van der Waals surface area contributed by atoms with Crippen LogP contribution in [-0.4, -0.2) is 54.5 Å². The molecule has 1 aliphatic heterocycles. The van der Waals surface area contributed by atoms with Crippen molar-refractivity contribution in [2.45, 2.75) is 50.6 Å². The van der Waals surface area contributed by atoms with Crippen molar-refractivity contribution >= 4 is 18.3 Å². The van der Waals surface area contributed by atoms with E-state index in [2.05, 4.69) is 29.3 Å². The number of hydrogen-bond acceptors (Lipinski definition) is 3. The lowest BCUT2D eigenvalue weighted by Gasteiger charge is -2.50. The third-order valence-electron chi connectivity index (χ3n) is 6.05. The van der Waals surface area contributed by atoms with Gasteiger partial charge in [0.2, 0.25) is 5.91 Å². The molecule has 1 spiro atoms. The van der Waals surface area contributed by atoms with Gasteiger partial charge in [-0.3, -0.25) is 9.69 Å². The molecular weight excluding hydrogens is 334 g/mol. The fourth-order valence-electron chi connectivity index (χ4n) is 4.28. The molecular formula is C20H32ClN3O. The highest BCUT2D eigenvalue weighted by Crippen LogP contribution is 2.34. The first-order valence-corrected chi connectivity index (χ1v) is 9.39. The molecule has 2 aliphatic rings. The van der Waals surface area contributed by atoms with Crippen LogP contribution in [-0.2, 0) is 4.79 Å². The number of nitrogens with one attached hydrogen (secondary N) is 1. The summed E-state index contributed by atoms with van der Waals surface area (Å²) in [7, 11) is 1.94. The number of rotatable bonds is 4. The highest BCUT2D eigenvalue weighted by Gasteiger charge is 2.40. The lowest BCUT2D eigenvalue weighted by atomic mass is 9.79. The zero-order valence-electron chi connectivity index (χ0n) is 15.5. The van der Waals surface area contributed by atoms with Gasteiger partial charge in [-0.05, 0) is 25.3 Å². The molecule has 1 aromatic carbocycles. The van der Waals surface area contributed by atoms with Crippen LogP contribution in [0, 0.1) is 0 Å². The number of likely N-dealkylation sites (N-methyl/N-ethyl adjacent to an activating group) is 1. The molecule has 1 amide bonds. The van der Waals surface area contributed by atoms with Crippen LogP contribution < -0.4 is 5.32 Å². The van der Waals surface area contributed by atoms with Gasteiger partial charge in [0.15, 0.2) is 0 Å². The van der Waals surface area contributed by atoms with Gasteiger partial charge in [-0.2, -0.15) is 0 Å². The molecule has 1 atom stereocenters. The molecule has 1 saturated carbocycles. The second kappa shape index (κ2) is 9.02. The Hall–Kier alpha value is -1.10. The summed E-state index contributed by atoms with van der Waals surface area (Å²) in [5.74, 6) is 0.234. The van der Waals surface area contributed by atoms with Crippen molar-refractivity contribution in [3.8, 4) is 0 Å². The molecule has 140 valence electrons. The highest BCUT2D eigenvalue weighted by molar-refractivity contribution is 5.85. The SMILES string of the molecule is CC(c1ccccc1)N(C)C(=O)CN1CCNCC12CCCCC2.Cl. The Kier molecular flexibility index (Phi) is 7.29. The van der Waals surface area contributed by atoms with Gasteiger partial charge >= 0.3 is 0 Å². The molecule has 1 aliphatic carbocycles. The van der Waals surface area contributed by atoms with Crippen molar-refractivity contribution in [3.05, 3.63) is 35.9 Å². The summed E-state index contributed by atoms with van der Waals surface area (Å²) in [4.78, 5) is 17.3. The number of amides is 1. The van der Waals surface area contributed by atoms with E-state index in [4.69, 9.17) is 0 Å². The monoisotopic (exact) mass is 365 g/mol. The van der Waals surface area contributed by atoms with Gasteiger partial charge in [-0.25, -0.2) is 0 Å². The van der Waals surface area contributed by atoms with Gasteiger partial charge in [0, 0.05) is 32.2 Å². The van der Waals surface area contributed by atoms with E-state index < -0.39 is 0 Å². The van der Waals surface area contributed by atoms with Crippen molar-refractivity contribution in [1.29, 1.82) is 0 Å². The number of hydrogen-bond donors (Lipinski definition) is 1. The van der Waals surface area contributed by atoms with Crippen LogP contribution in [0.1, 0.15) is 50.6 Å². The number of benzene rings is 1. The minimum atomic E-state index is 0. The Bertz CT molecular complexity index is 537. The standard InChI is InChI=1S/C20H31N3O.ClH/c1-17(18-9-5-3-6-10-18)22(2)19(24)15-23-14-13-21-16-20(23)11-7-4-8-12-20;/h3,5-6,9-10,17,21H,4,7-8,11-16H2,1-2H3;1H. The molecule has 0 aromatic heterocycles. The predicted molar refractivity (Wildman–Crippen MR) is 105 cm³/mol. The summed E-state index contributed by atoms with van der Waals surface area (Å²) in [5.41, 5.74) is 1.41. The summed E-state index contributed by atoms with van der Waals surface area (Å²) in [6, 6.07) is 10.4. The van der Waals surface area contributed by atoms with Crippen molar-refractivity contribution in [3.63, 3.8) is 0 Å². The largest absolute Gasteiger partial charge is 0.338 e. The second-order valence-electron chi connectivity index (χ2n) is 7.47. The molecule has 1 heterocycles. The van der Waals surface area contributed by atoms with Crippen molar-refractivity contribution in [2.75, 3.05) is 33.2 Å². The number of nitrogens with zero attached hydrogens (tertiary/aromatic N) is 2. The average Bonchev–Trinajstić information content (AvgIpc) is 2.64. The molecule has 0 radical (unpaired) electrons. The van der Waals surface area contributed by atoms with E-state index in [1.165, 1.54) is 37.7 Å². The third kappa shape index (κ3) is 4.55. The fourth-order valence-corrected chi connectivity index (χ4v) is 4.28. The Morgan fingerprint density at radius 2 is 1.92 bits per heavy atom. The van der Waals surface area contributed by atoms with E-state index in [1.807, 2.05) is 30.1 Å². The number of halogens is 1. The molecule has 2 fully saturated rings. The highest BCUT2D eigenvalue weighted by atomic mass is 35.5. The quantitative estimate of drug-likeness (QED) is 0.889. The van der Waals surface area contributed by atoms with E-state index in [-0.39, 0.29) is 29.9 Å². The van der Waals surface area contributed by atoms with Crippen LogP contribution in [0.25, 0.3) is 0 Å². The van der Waals surface area contributed by atoms with Crippen LogP contribution in [0.2, 0.25) is 0 Å². The van der Waals surface area contributed by atoms with E-state index in [0.29, 0.717) is 6.54 Å². The summed E-state index contributed by atoms with van der Waals surface area (Å²) in [6.45, 7) is 5.68. The minimum absolute atomic E-state index is 0. The molecule has 1 saturated heterocycles. The molecule has 3 rings (SSSR count). The smallest absolute Gasteiger partial charge is 0.237 e. The predicted octanol–water partition coefficient (Wildman–Crippen LogP) is 3.24. The summed E-state index contributed by atoms with van der Waals surface area (Å²) in [5, 5.41) is 3.56. The van der Waals surface area contributed by atoms with Crippen LogP contribution >= 0.6 is 12.4 Å². The van der Waals surface area contributed by atoms with E-state index in [9.17, 15) is 4.79 Å². The molecule has 0 bridgehead atoms. The van der Waals surface area contributed by atoms with Gasteiger partial charge in [0.05, 0.1) is 12.6 Å². The van der Waals surface area contributed by atoms with Crippen LogP contribution in [0.3, 0.4) is 0 Å². The number of piperazine rings is 1. The Morgan fingerprint density at radius 3 is 2.60 bits per heavy atom. The van der Waals surface area contributed by atoms with Gasteiger partial charge in [-0.1, -0.05) is 49.6 Å². The zero-order valence-corrected chi connectivity index (χ0v) is 16.4. The summed E-state index contributed by atoms with van der Waals surface area (Å²) < 4.78 is 0. The first-order chi connectivity index (χ1) is 11.6. The van der Waals surface area contributed by atoms with Gasteiger partial charge in [0.1, 0.15) is 0 Å². The normalized spacial score (nSPS) is 21.4. The van der Waals surface area contributed by atoms with Gasteiger partial charge < -0.3 is 10.2 Å². The molecule has 25 heavy (non-hydrogen) atoms. The number of carbonyl (C=O) groups excluding carboxylic acids is 1. The molecule has 1 unspecified atom stereocenters. The van der Waals surface area contributed by atoms with E-state index in [1.54, 1.807) is 0 Å². The summed E-state index contributed by atoms with van der Waals surface area (Å²) in [6.07, 6.45) is 6.39. The first-order valence-electron chi connectivity index (χ1n) is 9.39. The Balaban J connectivity index is 0.00000225. The Morgan fingerprint density at radius 1 is 1.24 bits per heavy atom. The van der Waals surface area contributed by atoms with Crippen molar-refractivity contribution < 1.29 is 4.79 Å². The third-order valence-corrected chi connectivity index (χ3v) is 6.05. The van der Waals surface area contributed by atoms with Gasteiger partial charge in [-0.15, -0.1) is 12.4 Å². The minimum Gasteiger partial charge on any atom is -0.338 e. The average molecular weight is 366 g/mol. The maximum Gasteiger partial charge on any atom is 0.237 e.